The molecule has 4 aliphatic rings. The topological polar surface area (TPSA) is 108 Å². The van der Waals surface area contributed by atoms with Crippen LogP contribution in [-0.2, 0) is 27.2 Å². The lowest BCUT2D eigenvalue weighted by atomic mass is 9.87. The Kier molecular flexibility index (Phi) is 7.32. The number of carbonyl (C=O) groups is 3. The van der Waals surface area contributed by atoms with Crippen LogP contribution in [0.5, 0.6) is 0 Å². The normalized spacial score (nSPS) is 23.7. The second-order valence-corrected chi connectivity index (χ2v) is 13.8. The molecule has 232 valence electrons. The van der Waals surface area contributed by atoms with Crippen molar-refractivity contribution in [1.82, 2.24) is 24.7 Å². The van der Waals surface area contributed by atoms with Crippen LogP contribution in [0.1, 0.15) is 69.2 Å². The van der Waals surface area contributed by atoms with Crippen molar-refractivity contribution in [3.8, 4) is 11.1 Å². The summed E-state index contributed by atoms with van der Waals surface area (Å²) < 4.78 is 11.8. The Labute approximate surface area is 261 Å². The lowest BCUT2D eigenvalue weighted by Crippen LogP contribution is -2.53. The number of nitrogens with zero attached hydrogens (tertiary/aromatic N) is 4. The summed E-state index contributed by atoms with van der Waals surface area (Å²) in [5.74, 6) is 0.258. The summed E-state index contributed by atoms with van der Waals surface area (Å²) >= 11 is 6.44. The Hall–Kier alpha value is -3.63. The van der Waals surface area contributed by atoms with E-state index < -0.39 is 11.6 Å². The minimum absolute atomic E-state index is 0.00549. The first-order valence-corrected chi connectivity index (χ1v) is 15.9. The van der Waals surface area contributed by atoms with Crippen molar-refractivity contribution >= 4 is 40.5 Å². The number of rotatable bonds is 2. The van der Waals surface area contributed by atoms with Crippen molar-refractivity contribution in [3.63, 3.8) is 0 Å². The molecule has 11 heteroatoms. The number of ketones is 1. The number of hydrogen-bond acceptors (Lipinski definition) is 6. The fraction of sp³-hybridized carbons (Fsp3) is 0.515. The lowest BCUT2D eigenvalue weighted by Gasteiger charge is -2.42. The standard InChI is InChI=1S/C33H38ClN5O5/c1-33(2,3)44-32(42)38-8-9-43-18-29(38)25-11-20(21-12-26-28(34)16-36-30(26)35-15-21)10-19-6-7-37(17-27(19)25)31(41)39-22-4-5-23(39)14-24(40)13-22/h10-12,15-16,22-23,29H,4-9,13-14,17-18H2,1-3H3,(H,35,36)/t22?,23?,29-/m0/s1. The second-order valence-electron chi connectivity index (χ2n) is 13.4. The van der Waals surface area contributed by atoms with E-state index in [1.54, 1.807) is 11.1 Å². The number of pyridine rings is 1. The third-order valence-corrected chi connectivity index (χ3v) is 9.66. The van der Waals surface area contributed by atoms with Crippen molar-refractivity contribution in [2.24, 2.45) is 0 Å². The third kappa shape index (κ3) is 5.32. The van der Waals surface area contributed by atoms with E-state index in [4.69, 9.17) is 21.1 Å². The first-order valence-electron chi connectivity index (χ1n) is 15.5. The molecule has 2 bridgehead atoms. The van der Waals surface area contributed by atoms with Crippen LogP contribution in [0, 0.1) is 0 Å². The van der Waals surface area contributed by atoms with Gasteiger partial charge in [-0.05, 0) is 74.4 Å². The van der Waals surface area contributed by atoms with E-state index in [0.29, 0.717) is 57.1 Å². The van der Waals surface area contributed by atoms with E-state index in [1.165, 1.54) is 0 Å². The Balaban J connectivity index is 1.28. The minimum Gasteiger partial charge on any atom is -0.444 e. The number of carbonyl (C=O) groups excluding carboxylic acids is 3. The van der Waals surface area contributed by atoms with Gasteiger partial charge in [-0.1, -0.05) is 17.7 Å². The molecule has 2 aromatic heterocycles. The van der Waals surface area contributed by atoms with Gasteiger partial charge in [-0.25, -0.2) is 14.6 Å². The van der Waals surface area contributed by atoms with Gasteiger partial charge in [0.1, 0.15) is 17.0 Å². The quantitative estimate of drug-likeness (QED) is 0.385. The Bertz CT molecular complexity index is 1630. The highest BCUT2D eigenvalue weighted by Crippen LogP contribution is 2.40. The van der Waals surface area contributed by atoms with Gasteiger partial charge in [-0.2, -0.15) is 0 Å². The smallest absolute Gasteiger partial charge is 0.410 e. The SMILES string of the molecule is CC(C)(C)OC(=O)N1CCOC[C@H]1c1cc(-c2cnc3[nH]cc(Cl)c3c2)cc2c1CN(C(=O)N1C3CCC1CC(=O)C3)CC2. The molecular formula is C33H38ClN5O5. The van der Waals surface area contributed by atoms with Gasteiger partial charge in [0.25, 0.3) is 0 Å². The zero-order valence-electron chi connectivity index (χ0n) is 25.4. The molecule has 0 radical (unpaired) electrons. The summed E-state index contributed by atoms with van der Waals surface area (Å²) in [7, 11) is 0. The van der Waals surface area contributed by atoms with Crippen molar-refractivity contribution in [1.29, 1.82) is 0 Å². The highest BCUT2D eigenvalue weighted by Gasteiger charge is 2.45. The van der Waals surface area contributed by atoms with Crippen molar-refractivity contribution in [2.45, 2.75) is 83.1 Å². The highest BCUT2D eigenvalue weighted by atomic mass is 35.5. The predicted octanol–water partition coefficient (Wildman–Crippen LogP) is 5.87. The van der Waals surface area contributed by atoms with Gasteiger partial charge in [0.15, 0.2) is 0 Å². The van der Waals surface area contributed by atoms with Crippen molar-refractivity contribution in [3.05, 3.63) is 52.3 Å². The van der Waals surface area contributed by atoms with Crippen LogP contribution in [0.15, 0.2) is 30.6 Å². The molecule has 0 spiro atoms. The summed E-state index contributed by atoms with van der Waals surface area (Å²) in [5, 5.41) is 1.44. The maximum atomic E-state index is 14.0. The van der Waals surface area contributed by atoms with Crippen LogP contribution in [0.4, 0.5) is 9.59 Å². The number of amides is 3. The molecular weight excluding hydrogens is 582 g/mol. The van der Waals surface area contributed by atoms with Crippen LogP contribution in [0.3, 0.4) is 0 Å². The number of morpholine rings is 1. The number of halogens is 1. The van der Waals surface area contributed by atoms with E-state index in [1.807, 2.05) is 42.8 Å². The van der Waals surface area contributed by atoms with E-state index in [0.717, 1.165) is 51.7 Å². The number of ether oxygens (including phenoxy) is 2. The molecule has 3 saturated heterocycles. The Morgan fingerprint density at radius 3 is 2.61 bits per heavy atom. The van der Waals surface area contributed by atoms with Gasteiger partial charge in [0.2, 0.25) is 0 Å². The van der Waals surface area contributed by atoms with Gasteiger partial charge in [-0.15, -0.1) is 0 Å². The molecule has 3 fully saturated rings. The van der Waals surface area contributed by atoms with Crippen LogP contribution < -0.4 is 0 Å². The zero-order chi connectivity index (χ0) is 30.7. The number of piperidine rings is 1. The van der Waals surface area contributed by atoms with E-state index in [-0.39, 0.29) is 30.0 Å². The number of urea groups is 1. The number of aromatic amines is 1. The Morgan fingerprint density at radius 2 is 1.86 bits per heavy atom. The number of Topliss-reactive ketones (excluding diaryl/α,β-unsaturated/α-hetero) is 1. The number of aromatic nitrogens is 2. The minimum atomic E-state index is -0.642. The molecule has 3 aromatic rings. The first kappa shape index (κ1) is 29.1. The van der Waals surface area contributed by atoms with Gasteiger partial charge < -0.3 is 24.3 Å². The second kappa shape index (κ2) is 11.1. The van der Waals surface area contributed by atoms with Crippen LogP contribution >= 0.6 is 11.6 Å². The molecule has 0 aliphatic carbocycles. The van der Waals surface area contributed by atoms with Gasteiger partial charge in [0, 0.05) is 67.9 Å². The largest absolute Gasteiger partial charge is 0.444 e. The number of benzene rings is 1. The molecule has 6 heterocycles. The van der Waals surface area contributed by atoms with Gasteiger partial charge in [0.05, 0.1) is 24.3 Å². The average Bonchev–Trinajstić information content (AvgIpc) is 3.50. The van der Waals surface area contributed by atoms with E-state index in [9.17, 15) is 14.4 Å². The molecule has 2 unspecified atom stereocenters. The molecule has 0 saturated carbocycles. The monoisotopic (exact) mass is 619 g/mol. The summed E-state index contributed by atoms with van der Waals surface area (Å²) in [6.07, 6.45) is 6.52. The van der Waals surface area contributed by atoms with Crippen LogP contribution in [-0.4, -0.2) is 86.6 Å². The third-order valence-electron chi connectivity index (χ3n) is 9.34. The number of H-pyrrole nitrogens is 1. The van der Waals surface area contributed by atoms with Crippen molar-refractivity contribution in [2.75, 3.05) is 26.3 Å². The Morgan fingerprint density at radius 1 is 1.09 bits per heavy atom. The summed E-state index contributed by atoms with van der Waals surface area (Å²) in [6.45, 7) is 7.74. The van der Waals surface area contributed by atoms with E-state index >= 15 is 0 Å². The molecule has 4 aliphatic heterocycles. The van der Waals surface area contributed by atoms with Crippen molar-refractivity contribution < 1.29 is 23.9 Å². The first-order chi connectivity index (χ1) is 21.1. The molecule has 7 rings (SSSR count). The maximum Gasteiger partial charge on any atom is 0.410 e. The average molecular weight is 620 g/mol. The lowest BCUT2D eigenvalue weighted by molar-refractivity contribution is -0.122. The number of fused-ring (bicyclic) bond motifs is 4. The molecule has 3 amide bonds. The molecule has 10 nitrogen and oxygen atoms in total. The zero-order valence-corrected chi connectivity index (χ0v) is 26.2. The highest BCUT2D eigenvalue weighted by molar-refractivity contribution is 6.35. The maximum absolute atomic E-state index is 14.0. The molecule has 1 N–H and O–H groups in total. The fourth-order valence-electron chi connectivity index (χ4n) is 7.30. The van der Waals surface area contributed by atoms with Gasteiger partial charge >= 0.3 is 12.1 Å². The molecule has 44 heavy (non-hydrogen) atoms. The van der Waals surface area contributed by atoms with E-state index in [2.05, 4.69) is 22.1 Å². The number of nitrogens with one attached hydrogen (secondary N) is 1. The van der Waals surface area contributed by atoms with Crippen LogP contribution in [0.25, 0.3) is 22.2 Å². The summed E-state index contributed by atoms with van der Waals surface area (Å²) in [4.78, 5) is 53.0. The fourth-order valence-corrected chi connectivity index (χ4v) is 7.50. The predicted molar refractivity (Wildman–Crippen MR) is 165 cm³/mol. The van der Waals surface area contributed by atoms with Gasteiger partial charge in [-0.3, -0.25) is 9.69 Å². The summed E-state index contributed by atoms with van der Waals surface area (Å²) in [5.41, 5.74) is 5.06. The molecule has 1 aromatic carbocycles. The summed E-state index contributed by atoms with van der Waals surface area (Å²) in [6, 6.07) is 5.92. The molecule has 3 atom stereocenters. The number of hydrogen-bond donors (Lipinski definition) is 1. The van der Waals surface area contributed by atoms with Crippen LogP contribution in [0.2, 0.25) is 5.02 Å².